The van der Waals surface area contributed by atoms with Crippen LogP contribution in [0.15, 0.2) is 35.4 Å². The number of aromatic nitrogens is 1. The van der Waals surface area contributed by atoms with Gasteiger partial charge >= 0.3 is 6.03 Å². The van der Waals surface area contributed by atoms with Gasteiger partial charge in [-0.15, -0.1) is 11.8 Å². The van der Waals surface area contributed by atoms with Crippen molar-refractivity contribution in [2.75, 3.05) is 11.1 Å². The van der Waals surface area contributed by atoms with Crippen molar-refractivity contribution in [2.45, 2.75) is 4.90 Å². The Balaban J connectivity index is 2.59. The van der Waals surface area contributed by atoms with Crippen LogP contribution in [0.25, 0.3) is 11.3 Å². The molecule has 2 rings (SSSR count). The highest BCUT2D eigenvalue weighted by Crippen LogP contribution is 2.37. The van der Waals surface area contributed by atoms with Gasteiger partial charge < -0.3 is 21.8 Å². The van der Waals surface area contributed by atoms with Crippen LogP contribution in [0.4, 0.5) is 10.5 Å². The van der Waals surface area contributed by atoms with Crippen LogP contribution in [0, 0.1) is 11.3 Å². The third kappa shape index (κ3) is 3.21. The molecule has 0 fully saturated rings. The molecule has 7 nitrogen and oxygen atoms in total. The predicted molar refractivity (Wildman–Crippen MR) is 84.3 cm³/mol. The van der Waals surface area contributed by atoms with Gasteiger partial charge in [-0.1, -0.05) is 12.1 Å². The summed E-state index contributed by atoms with van der Waals surface area (Å²) in [4.78, 5) is 26.4. The average Bonchev–Trinajstić information content (AvgIpc) is 2.95. The second kappa shape index (κ2) is 6.69. The summed E-state index contributed by atoms with van der Waals surface area (Å²) in [5.74, 6) is -0.374. The smallest absolute Gasteiger partial charge is 0.316 e. The number of rotatable bonds is 5. The van der Waals surface area contributed by atoms with Crippen molar-refractivity contribution in [1.29, 1.82) is 5.26 Å². The number of amides is 3. The summed E-state index contributed by atoms with van der Waals surface area (Å²) in [6, 6.07) is 8.07. The molecule has 0 aliphatic rings. The van der Waals surface area contributed by atoms with Gasteiger partial charge in [-0.3, -0.25) is 4.79 Å². The van der Waals surface area contributed by atoms with E-state index in [-0.39, 0.29) is 5.75 Å². The Kier molecular flexibility index (Phi) is 4.70. The molecule has 2 aromatic rings. The third-order valence-corrected chi connectivity index (χ3v) is 3.77. The van der Waals surface area contributed by atoms with Crippen molar-refractivity contribution in [3.05, 3.63) is 36.0 Å². The van der Waals surface area contributed by atoms with Crippen LogP contribution in [0.3, 0.4) is 0 Å². The number of nitrogens with one attached hydrogen (secondary N) is 2. The van der Waals surface area contributed by atoms with E-state index in [2.05, 4.69) is 10.3 Å². The van der Waals surface area contributed by atoms with E-state index in [4.69, 9.17) is 16.7 Å². The minimum absolute atomic E-state index is 0.213. The number of primary amides is 2. The topological polar surface area (TPSA) is 138 Å². The van der Waals surface area contributed by atoms with E-state index in [1.165, 1.54) is 11.8 Å². The first-order valence-electron chi connectivity index (χ1n) is 6.21. The Labute approximate surface area is 130 Å². The Hall–Kier alpha value is -2.92. The number of para-hydroxylation sites is 1. The summed E-state index contributed by atoms with van der Waals surface area (Å²) >= 11 is 1.25. The number of urea groups is 1. The fourth-order valence-corrected chi connectivity index (χ4v) is 2.72. The van der Waals surface area contributed by atoms with Crippen molar-refractivity contribution in [1.82, 2.24) is 4.98 Å². The molecule has 22 heavy (non-hydrogen) atoms. The van der Waals surface area contributed by atoms with Crippen LogP contribution in [0.5, 0.6) is 0 Å². The molecular weight excluding hydrogens is 302 g/mol. The lowest BCUT2D eigenvalue weighted by Gasteiger charge is -2.14. The number of nitrogens with zero attached hydrogens (tertiary/aromatic N) is 1. The van der Waals surface area contributed by atoms with Crippen molar-refractivity contribution < 1.29 is 9.59 Å². The maximum Gasteiger partial charge on any atom is 0.316 e. The molecule has 0 aliphatic heterocycles. The van der Waals surface area contributed by atoms with Crippen LogP contribution in [-0.4, -0.2) is 22.7 Å². The van der Waals surface area contributed by atoms with Crippen molar-refractivity contribution in [2.24, 2.45) is 11.5 Å². The number of anilines is 1. The van der Waals surface area contributed by atoms with Gasteiger partial charge in [0.1, 0.15) is 0 Å². The summed E-state index contributed by atoms with van der Waals surface area (Å²) in [5.41, 5.74) is 12.3. The summed E-state index contributed by atoms with van der Waals surface area (Å²) in [5, 5.41) is 11.3. The number of nitriles is 1. The molecule has 1 heterocycles. The first-order chi connectivity index (χ1) is 10.5. The normalized spacial score (nSPS) is 9.95. The molecule has 3 amide bonds. The lowest BCUT2D eigenvalue weighted by Crippen LogP contribution is -2.20. The second-order valence-electron chi connectivity index (χ2n) is 4.25. The molecule has 0 atom stereocenters. The van der Waals surface area contributed by atoms with Gasteiger partial charge in [0.2, 0.25) is 0 Å². The standard InChI is InChI=1S/C14H13N5O2S/c15-5-7-22-10-3-1-2-8(12(10)19-14(17)21)11-9(13(16)20)4-6-18-11/h1-4,6,18H,7H2,(H2,16,20)(H3,17,19,21). The fraction of sp³-hybridized carbons (Fsp3) is 0.0714. The van der Waals surface area contributed by atoms with Crippen LogP contribution >= 0.6 is 11.8 Å². The molecule has 0 radical (unpaired) electrons. The molecule has 0 unspecified atom stereocenters. The molecule has 0 bridgehead atoms. The largest absolute Gasteiger partial charge is 0.366 e. The molecule has 1 aromatic heterocycles. The lowest BCUT2D eigenvalue weighted by molar-refractivity contribution is 0.100. The average molecular weight is 315 g/mol. The molecule has 0 aliphatic carbocycles. The zero-order chi connectivity index (χ0) is 16.1. The Morgan fingerprint density at radius 3 is 2.73 bits per heavy atom. The zero-order valence-electron chi connectivity index (χ0n) is 11.4. The van der Waals surface area contributed by atoms with Gasteiger partial charge in [0.15, 0.2) is 0 Å². The number of nitrogens with two attached hydrogens (primary N) is 2. The van der Waals surface area contributed by atoms with E-state index >= 15 is 0 Å². The number of carbonyl (C=O) groups excluding carboxylic acids is 2. The van der Waals surface area contributed by atoms with Gasteiger partial charge in [0.25, 0.3) is 5.91 Å². The monoisotopic (exact) mass is 315 g/mol. The maximum atomic E-state index is 11.5. The SMILES string of the molecule is N#CCSc1cccc(-c2[nH]ccc2C(N)=O)c1NC(N)=O. The van der Waals surface area contributed by atoms with Crippen LogP contribution in [0.2, 0.25) is 0 Å². The Morgan fingerprint density at radius 1 is 1.32 bits per heavy atom. The third-order valence-electron chi connectivity index (χ3n) is 2.85. The molecule has 0 saturated carbocycles. The summed E-state index contributed by atoms with van der Waals surface area (Å²) in [6.07, 6.45) is 1.58. The Morgan fingerprint density at radius 2 is 2.09 bits per heavy atom. The van der Waals surface area contributed by atoms with Crippen LogP contribution in [-0.2, 0) is 0 Å². The number of hydrogen-bond acceptors (Lipinski definition) is 4. The van der Waals surface area contributed by atoms with Crippen molar-refractivity contribution in [3.63, 3.8) is 0 Å². The Bertz CT molecular complexity index is 763. The summed E-state index contributed by atoms with van der Waals surface area (Å²) in [6.45, 7) is 0. The maximum absolute atomic E-state index is 11.5. The highest BCUT2D eigenvalue weighted by atomic mass is 32.2. The van der Waals surface area contributed by atoms with Gasteiger partial charge in [0.05, 0.1) is 28.8 Å². The number of hydrogen-bond donors (Lipinski definition) is 4. The molecule has 6 N–H and O–H groups in total. The predicted octanol–water partition coefficient (Wildman–Crippen LogP) is 1.89. The molecule has 112 valence electrons. The molecule has 8 heteroatoms. The first kappa shape index (κ1) is 15.5. The van der Waals surface area contributed by atoms with Crippen molar-refractivity contribution >= 4 is 29.4 Å². The number of carbonyl (C=O) groups is 2. The number of thioether (sulfide) groups is 1. The fourth-order valence-electron chi connectivity index (χ4n) is 2.02. The number of H-pyrrole nitrogens is 1. The van der Waals surface area contributed by atoms with Gasteiger partial charge in [-0.05, 0) is 12.1 Å². The number of benzene rings is 1. The quantitative estimate of drug-likeness (QED) is 0.626. The van der Waals surface area contributed by atoms with E-state index < -0.39 is 11.9 Å². The molecular formula is C14H13N5O2S. The number of aromatic amines is 1. The van der Waals surface area contributed by atoms with E-state index in [1.807, 2.05) is 6.07 Å². The van der Waals surface area contributed by atoms with Crippen LogP contribution in [0.1, 0.15) is 10.4 Å². The summed E-state index contributed by atoms with van der Waals surface area (Å²) in [7, 11) is 0. The zero-order valence-corrected chi connectivity index (χ0v) is 12.2. The molecule has 1 aromatic carbocycles. The van der Waals surface area contributed by atoms with Gasteiger partial charge in [0, 0.05) is 16.7 Å². The summed E-state index contributed by atoms with van der Waals surface area (Å²) < 4.78 is 0. The van der Waals surface area contributed by atoms with Crippen molar-refractivity contribution in [3.8, 4) is 17.3 Å². The van der Waals surface area contributed by atoms with E-state index in [1.54, 1.807) is 30.5 Å². The minimum Gasteiger partial charge on any atom is -0.366 e. The van der Waals surface area contributed by atoms with Crippen LogP contribution < -0.4 is 16.8 Å². The molecule has 0 spiro atoms. The highest BCUT2D eigenvalue weighted by Gasteiger charge is 2.17. The lowest BCUT2D eigenvalue weighted by atomic mass is 10.1. The van der Waals surface area contributed by atoms with E-state index in [0.717, 1.165) is 0 Å². The van der Waals surface area contributed by atoms with Gasteiger partial charge in [-0.2, -0.15) is 5.26 Å². The van der Waals surface area contributed by atoms with E-state index in [0.29, 0.717) is 27.4 Å². The first-order valence-corrected chi connectivity index (χ1v) is 7.20. The highest BCUT2D eigenvalue weighted by molar-refractivity contribution is 7.99. The van der Waals surface area contributed by atoms with E-state index in [9.17, 15) is 9.59 Å². The minimum atomic E-state index is -0.738. The van der Waals surface area contributed by atoms with Gasteiger partial charge in [-0.25, -0.2) is 4.79 Å². The second-order valence-corrected chi connectivity index (χ2v) is 5.26. The molecule has 0 saturated heterocycles.